The molecule has 0 saturated heterocycles. The molecule has 1 atom stereocenters. The maximum Gasteiger partial charge on any atom is 0.246 e. The van der Waals surface area contributed by atoms with Crippen LogP contribution in [0.15, 0.2) is 42.5 Å². The van der Waals surface area contributed by atoms with Gasteiger partial charge < -0.3 is 25.2 Å². The number of fused-ring (bicyclic) bond motifs is 1. The first kappa shape index (κ1) is 15.2. The quantitative estimate of drug-likeness (QED) is 0.789. The van der Waals surface area contributed by atoms with E-state index in [1.807, 2.05) is 24.3 Å². The second kappa shape index (κ2) is 6.58. The van der Waals surface area contributed by atoms with E-state index >= 15 is 0 Å². The number of aliphatic hydroxyl groups excluding tert-OH is 1. The number of aliphatic hydroxyl groups is 1. The summed E-state index contributed by atoms with van der Waals surface area (Å²) in [4.78, 5) is 12.3. The van der Waals surface area contributed by atoms with Crippen molar-refractivity contribution in [1.29, 1.82) is 0 Å². The van der Waals surface area contributed by atoms with Crippen molar-refractivity contribution in [2.75, 3.05) is 17.4 Å². The average Bonchev–Trinajstić information content (AvgIpc) is 3.02. The van der Waals surface area contributed by atoms with E-state index in [0.717, 1.165) is 11.3 Å². The van der Waals surface area contributed by atoms with Gasteiger partial charge in [0.05, 0.1) is 6.61 Å². The molecule has 1 unspecified atom stereocenters. The number of nitrogens with one attached hydrogen (secondary N) is 2. The Morgan fingerprint density at radius 2 is 2.00 bits per heavy atom. The highest BCUT2D eigenvalue weighted by molar-refractivity contribution is 5.96. The maximum atomic E-state index is 12.3. The first-order valence-electron chi connectivity index (χ1n) is 7.32. The third kappa shape index (κ3) is 3.54. The summed E-state index contributed by atoms with van der Waals surface area (Å²) in [5, 5.41) is 15.1. The van der Waals surface area contributed by atoms with Gasteiger partial charge in [0, 0.05) is 17.4 Å². The monoisotopic (exact) mass is 314 g/mol. The Hall–Kier alpha value is -2.73. The van der Waals surface area contributed by atoms with Gasteiger partial charge in [0.25, 0.3) is 0 Å². The fourth-order valence-electron chi connectivity index (χ4n) is 2.30. The number of ether oxygens (including phenoxy) is 2. The summed E-state index contributed by atoms with van der Waals surface area (Å²) >= 11 is 0. The van der Waals surface area contributed by atoms with E-state index in [0.29, 0.717) is 17.2 Å². The fraction of sp³-hybridized carbons (Fsp3) is 0.235. The second-order valence-electron chi connectivity index (χ2n) is 5.28. The van der Waals surface area contributed by atoms with Gasteiger partial charge in [-0.3, -0.25) is 4.79 Å². The highest BCUT2D eigenvalue weighted by Gasteiger charge is 2.16. The summed E-state index contributed by atoms with van der Waals surface area (Å²) in [5.41, 5.74) is 2.22. The zero-order valence-corrected chi connectivity index (χ0v) is 12.7. The van der Waals surface area contributed by atoms with E-state index in [2.05, 4.69) is 10.6 Å². The third-order valence-electron chi connectivity index (χ3n) is 3.53. The molecule has 3 rings (SSSR count). The number of rotatable bonds is 5. The number of carbonyl (C=O) groups excluding carboxylic acids is 1. The van der Waals surface area contributed by atoms with E-state index in [1.165, 1.54) is 0 Å². The number of benzene rings is 2. The van der Waals surface area contributed by atoms with Crippen LogP contribution in [0.25, 0.3) is 0 Å². The van der Waals surface area contributed by atoms with Crippen LogP contribution in [0.3, 0.4) is 0 Å². The SMILES string of the molecule is CC(Nc1cccc(CO)c1)C(=O)Nc1ccc2c(c1)OCO2. The molecule has 2 aromatic carbocycles. The Labute approximate surface area is 134 Å². The summed E-state index contributed by atoms with van der Waals surface area (Å²) in [6, 6.07) is 12.1. The van der Waals surface area contributed by atoms with Gasteiger partial charge in [-0.2, -0.15) is 0 Å². The van der Waals surface area contributed by atoms with Crippen molar-refractivity contribution in [3.05, 3.63) is 48.0 Å². The Balaban J connectivity index is 1.63. The van der Waals surface area contributed by atoms with Crippen molar-refractivity contribution in [3.8, 4) is 11.5 Å². The smallest absolute Gasteiger partial charge is 0.246 e. The van der Waals surface area contributed by atoms with Gasteiger partial charge in [-0.15, -0.1) is 0 Å². The lowest BCUT2D eigenvalue weighted by Crippen LogP contribution is -2.31. The third-order valence-corrected chi connectivity index (χ3v) is 3.53. The molecule has 120 valence electrons. The minimum atomic E-state index is -0.436. The van der Waals surface area contributed by atoms with Crippen molar-refractivity contribution < 1.29 is 19.4 Å². The Bertz CT molecular complexity index is 717. The lowest BCUT2D eigenvalue weighted by atomic mass is 10.2. The minimum absolute atomic E-state index is 0.0344. The molecular weight excluding hydrogens is 296 g/mol. The normalized spacial score (nSPS) is 13.5. The molecule has 1 aliphatic heterocycles. The summed E-state index contributed by atoms with van der Waals surface area (Å²) in [7, 11) is 0. The Morgan fingerprint density at radius 3 is 2.83 bits per heavy atom. The number of hydrogen-bond acceptors (Lipinski definition) is 5. The molecule has 0 spiro atoms. The van der Waals surface area contributed by atoms with E-state index in [1.54, 1.807) is 25.1 Å². The summed E-state index contributed by atoms with van der Waals surface area (Å²) in [6.45, 7) is 1.94. The number of anilines is 2. The molecule has 0 radical (unpaired) electrons. The Kier molecular flexibility index (Phi) is 4.34. The van der Waals surface area contributed by atoms with Gasteiger partial charge >= 0.3 is 0 Å². The highest BCUT2D eigenvalue weighted by atomic mass is 16.7. The van der Waals surface area contributed by atoms with Gasteiger partial charge in [0.15, 0.2) is 11.5 Å². The topological polar surface area (TPSA) is 79.8 Å². The molecule has 1 heterocycles. The molecule has 1 aliphatic rings. The lowest BCUT2D eigenvalue weighted by molar-refractivity contribution is -0.116. The molecule has 6 nitrogen and oxygen atoms in total. The van der Waals surface area contributed by atoms with Crippen LogP contribution in [0, 0.1) is 0 Å². The van der Waals surface area contributed by atoms with Gasteiger partial charge in [-0.1, -0.05) is 12.1 Å². The van der Waals surface area contributed by atoms with Crippen LogP contribution in [0.4, 0.5) is 11.4 Å². The van der Waals surface area contributed by atoms with Crippen LogP contribution < -0.4 is 20.1 Å². The average molecular weight is 314 g/mol. The van der Waals surface area contributed by atoms with E-state index in [4.69, 9.17) is 14.6 Å². The standard InChI is InChI=1S/C17H18N2O4/c1-11(18-13-4-2-3-12(7-13)9-20)17(21)19-14-5-6-15-16(8-14)23-10-22-15/h2-8,11,18,20H,9-10H2,1H3,(H,19,21). The van der Waals surface area contributed by atoms with Crippen LogP contribution >= 0.6 is 0 Å². The van der Waals surface area contributed by atoms with Crippen molar-refractivity contribution in [2.45, 2.75) is 19.6 Å². The second-order valence-corrected chi connectivity index (χ2v) is 5.28. The van der Waals surface area contributed by atoms with Crippen molar-refractivity contribution in [2.24, 2.45) is 0 Å². The molecular formula is C17H18N2O4. The molecule has 0 saturated carbocycles. The summed E-state index contributed by atoms with van der Waals surface area (Å²) in [5.74, 6) is 1.13. The number of amides is 1. The van der Waals surface area contributed by atoms with Crippen molar-refractivity contribution in [3.63, 3.8) is 0 Å². The Morgan fingerprint density at radius 1 is 1.17 bits per heavy atom. The predicted molar refractivity (Wildman–Crippen MR) is 86.6 cm³/mol. The van der Waals surface area contributed by atoms with Gasteiger partial charge in [-0.05, 0) is 36.8 Å². The molecule has 0 bridgehead atoms. The van der Waals surface area contributed by atoms with Crippen molar-refractivity contribution in [1.82, 2.24) is 0 Å². The molecule has 0 aromatic heterocycles. The zero-order chi connectivity index (χ0) is 16.2. The van der Waals surface area contributed by atoms with E-state index in [-0.39, 0.29) is 19.3 Å². The predicted octanol–water partition coefficient (Wildman–Crippen LogP) is 2.35. The molecule has 0 fully saturated rings. The molecule has 2 aromatic rings. The molecule has 23 heavy (non-hydrogen) atoms. The van der Waals surface area contributed by atoms with Crippen LogP contribution in [0.2, 0.25) is 0 Å². The van der Waals surface area contributed by atoms with Gasteiger partial charge in [0.2, 0.25) is 12.7 Å². The number of hydrogen-bond donors (Lipinski definition) is 3. The molecule has 3 N–H and O–H groups in total. The van der Waals surface area contributed by atoms with E-state index in [9.17, 15) is 4.79 Å². The van der Waals surface area contributed by atoms with Gasteiger partial charge in [0.1, 0.15) is 6.04 Å². The first-order valence-corrected chi connectivity index (χ1v) is 7.32. The first-order chi connectivity index (χ1) is 11.2. The maximum absolute atomic E-state index is 12.3. The highest BCUT2D eigenvalue weighted by Crippen LogP contribution is 2.34. The molecule has 0 aliphatic carbocycles. The summed E-state index contributed by atoms with van der Waals surface area (Å²) in [6.07, 6.45) is 0. The largest absolute Gasteiger partial charge is 0.454 e. The van der Waals surface area contributed by atoms with Crippen LogP contribution in [-0.4, -0.2) is 23.8 Å². The number of carbonyl (C=O) groups is 1. The lowest BCUT2D eigenvalue weighted by Gasteiger charge is -2.16. The fourth-order valence-corrected chi connectivity index (χ4v) is 2.30. The zero-order valence-electron chi connectivity index (χ0n) is 12.7. The summed E-state index contributed by atoms with van der Waals surface area (Å²) < 4.78 is 10.5. The van der Waals surface area contributed by atoms with Crippen LogP contribution in [0.1, 0.15) is 12.5 Å². The van der Waals surface area contributed by atoms with Crippen LogP contribution in [0.5, 0.6) is 11.5 Å². The van der Waals surface area contributed by atoms with E-state index < -0.39 is 6.04 Å². The van der Waals surface area contributed by atoms with Gasteiger partial charge in [-0.25, -0.2) is 0 Å². The minimum Gasteiger partial charge on any atom is -0.454 e. The van der Waals surface area contributed by atoms with Crippen molar-refractivity contribution >= 4 is 17.3 Å². The molecule has 1 amide bonds. The van der Waals surface area contributed by atoms with Crippen LogP contribution in [-0.2, 0) is 11.4 Å². The molecule has 6 heteroatoms.